The number of nitrogens with one attached hydrogen (secondary N) is 1. The van der Waals surface area contributed by atoms with E-state index in [9.17, 15) is 38.4 Å². The van der Waals surface area contributed by atoms with Crippen molar-refractivity contribution in [2.75, 3.05) is 19.8 Å². The van der Waals surface area contributed by atoms with Crippen LogP contribution in [0.2, 0.25) is 0 Å². The first-order valence-electron chi connectivity index (χ1n) is 15.1. The van der Waals surface area contributed by atoms with Gasteiger partial charge in [-0.2, -0.15) is 0 Å². The minimum atomic E-state index is -1.85. The highest BCUT2D eigenvalue weighted by molar-refractivity contribution is 5.70. The Balaban J connectivity index is 2.75. The van der Waals surface area contributed by atoms with E-state index in [1.54, 1.807) is 0 Å². The van der Waals surface area contributed by atoms with Gasteiger partial charge in [0.05, 0.1) is 0 Å². The molecule has 0 spiro atoms. The molecule has 2 rings (SSSR count). The maximum absolute atomic E-state index is 12.7. The molecule has 0 aromatic rings. The Morgan fingerprint density at radius 3 is 1.46 bits per heavy atom. The molecule has 0 aromatic heterocycles. The second-order valence-electron chi connectivity index (χ2n) is 10.8. The van der Waals surface area contributed by atoms with Crippen LogP contribution in [0.5, 0.6) is 0 Å². The van der Waals surface area contributed by atoms with Crippen LogP contribution in [0.15, 0.2) is 12.7 Å². The van der Waals surface area contributed by atoms with Crippen LogP contribution in [-0.2, 0) is 85.7 Å². The van der Waals surface area contributed by atoms with Gasteiger partial charge >= 0.3 is 47.9 Å². The van der Waals surface area contributed by atoms with Gasteiger partial charge < -0.3 is 57.4 Å². The topological polar surface area (TPSA) is 250 Å². The molecule has 280 valence electrons. The molecule has 1 amide bonds. The molecular weight excluding hydrogens is 678 g/mol. The van der Waals surface area contributed by atoms with Crippen LogP contribution in [0.25, 0.3) is 0 Å². The SMILES string of the molecule is C=CCOC(=O)N[C@H]1[C@H](OC(C)=O)O[C@H](COC(C)=O)[C@@H](O[C@@H]2O[C@H](COC(C)=O)[C@H](OC(C)=O)[C@H](OC(C)=O)[C@H]2OC(C)=O)[C@@H]1OC(C)=O. The zero-order chi connectivity index (χ0) is 37.7. The summed E-state index contributed by atoms with van der Waals surface area (Å²) in [7, 11) is 0. The van der Waals surface area contributed by atoms with E-state index in [1.165, 1.54) is 6.08 Å². The summed E-state index contributed by atoms with van der Waals surface area (Å²) in [6.07, 6.45) is -14.6. The number of ether oxygens (including phenoxy) is 11. The van der Waals surface area contributed by atoms with E-state index in [1.807, 2.05) is 0 Å². The Hall–Kier alpha value is -4.82. The van der Waals surface area contributed by atoms with Gasteiger partial charge in [0.1, 0.15) is 44.2 Å². The molecule has 0 aromatic carbocycles. The predicted octanol–water partition coefficient (Wildman–Crippen LogP) is -0.482. The summed E-state index contributed by atoms with van der Waals surface area (Å²) in [6, 6.07) is -1.58. The van der Waals surface area contributed by atoms with Gasteiger partial charge in [-0.05, 0) is 0 Å². The van der Waals surface area contributed by atoms with Crippen LogP contribution < -0.4 is 5.32 Å². The third-order valence-corrected chi connectivity index (χ3v) is 6.54. The number of esters is 7. The van der Waals surface area contributed by atoms with Crippen molar-refractivity contribution in [1.82, 2.24) is 5.32 Å². The zero-order valence-electron chi connectivity index (χ0n) is 28.4. The van der Waals surface area contributed by atoms with Gasteiger partial charge in [0.15, 0.2) is 30.7 Å². The largest absolute Gasteiger partial charge is 0.463 e. The van der Waals surface area contributed by atoms with Crippen LogP contribution in [0.3, 0.4) is 0 Å². The quantitative estimate of drug-likeness (QED) is 0.135. The minimum Gasteiger partial charge on any atom is -0.463 e. The first kappa shape index (κ1) is 41.4. The molecule has 0 unspecified atom stereocenters. The highest BCUT2D eigenvalue weighted by atomic mass is 16.8. The average molecular weight is 720 g/mol. The third-order valence-electron chi connectivity index (χ3n) is 6.54. The monoisotopic (exact) mass is 719 g/mol. The molecule has 20 nitrogen and oxygen atoms in total. The number of alkyl carbamates (subject to hydrolysis) is 1. The Morgan fingerprint density at radius 2 is 0.980 bits per heavy atom. The standard InChI is InChI=1S/C30H41NO19/c1-9-10-40-30(39)31-22-25(44-16(5)35)23(20(11-41-13(2)32)48-28(22)47-19(8)38)50-29-27(46-18(7)37)26(45-17(6)36)24(43-15(4)34)21(49-29)12-42-14(3)33/h9,20-29H,1,10-12H2,2-8H3,(H,31,39)/t20-,21-,22-,23-,24+,25-,26+,27-,28-,29+/m1/s1. The first-order valence-corrected chi connectivity index (χ1v) is 15.1. The normalized spacial score (nSPS) is 28.8. The van der Waals surface area contributed by atoms with Crippen molar-refractivity contribution in [3.8, 4) is 0 Å². The van der Waals surface area contributed by atoms with Crippen molar-refractivity contribution in [3.63, 3.8) is 0 Å². The summed E-state index contributed by atoms with van der Waals surface area (Å²) in [5.41, 5.74) is 0. The smallest absolute Gasteiger partial charge is 0.408 e. The molecule has 2 heterocycles. The first-order chi connectivity index (χ1) is 23.4. The zero-order valence-corrected chi connectivity index (χ0v) is 28.4. The van der Waals surface area contributed by atoms with Gasteiger partial charge in [-0.15, -0.1) is 0 Å². The van der Waals surface area contributed by atoms with Crippen LogP contribution >= 0.6 is 0 Å². The van der Waals surface area contributed by atoms with Gasteiger partial charge in [0, 0.05) is 48.5 Å². The fraction of sp³-hybridized carbons (Fsp3) is 0.667. The predicted molar refractivity (Wildman–Crippen MR) is 158 cm³/mol. The number of carbonyl (C=O) groups excluding carboxylic acids is 8. The summed E-state index contributed by atoms with van der Waals surface area (Å²) in [4.78, 5) is 97.5. The number of hydrogen-bond donors (Lipinski definition) is 1. The summed E-state index contributed by atoms with van der Waals surface area (Å²) >= 11 is 0. The van der Waals surface area contributed by atoms with Crippen LogP contribution in [0, 0.1) is 0 Å². The van der Waals surface area contributed by atoms with Gasteiger partial charge in [0.25, 0.3) is 0 Å². The molecule has 2 fully saturated rings. The molecule has 50 heavy (non-hydrogen) atoms. The molecule has 2 saturated heterocycles. The fourth-order valence-corrected chi connectivity index (χ4v) is 4.92. The lowest BCUT2D eigenvalue weighted by molar-refractivity contribution is -0.348. The van der Waals surface area contributed by atoms with Crippen molar-refractivity contribution < 1.29 is 90.5 Å². The van der Waals surface area contributed by atoms with Crippen LogP contribution in [0.1, 0.15) is 48.5 Å². The summed E-state index contributed by atoms with van der Waals surface area (Å²) < 4.78 is 60.4. The molecule has 10 atom stereocenters. The van der Waals surface area contributed by atoms with Crippen molar-refractivity contribution >= 4 is 47.9 Å². The van der Waals surface area contributed by atoms with Crippen molar-refractivity contribution in [3.05, 3.63) is 12.7 Å². The number of hydrogen-bond acceptors (Lipinski definition) is 19. The lowest BCUT2D eigenvalue weighted by Gasteiger charge is -2.48. The maximum atomic E-state index is 12.7. The lowest BCUT2D eigenvalue weighted by atomic mass is 9.95. The second-order valence-corrected chi connectivity index (χ2v) is 10.8. The van der Waals surface area contributed by atoms with E-state index in [0.29, 0.717) is 0 Å². The Labute approximate surface area is 286 Å². The molecule has 20 heteroatoms. The summed E-state index contributed by atoms with van der Waals surface area (Å²) in [5.74, 6) is -6.15. The Kier molecular flexibility index (Phi) is 16.0. The molecule has 0 bridgehead atoms. The average Bonchev–Trinajstić information content (AvgIpc) is 2.98. The van der Waals surface area contributed by atoms with Crippen LogP contribution in [-0.4, -0.2) is 129 Å². The molecule has 0 aliphatic carbocycles. The minimum absolute atomic E-state index is 0.254. The molecular formula is C30H41NO19. The highest BCUT2D eigenvalue weighted by Gasteiger charge is 2.57. The van der Waals surface area contributed by atoms with E-state index in [0.717, 1.165) is 48.5 Å². The highest BCUT2D eigenvalue weighted by Crippen LogP contribution is 2.35. The molecule has 2 aliphatic rings. The van der Waals surface area contributed by atoms with Crippen LogP contribution in [0.4, 0.5) is 4.79 Å². The lowest BCUT2D eigenvalue weighted by Crippen LogP contribution is -2.69. The van der Waals surface area contributed by atoms with E-state index < -0.39 is 122 Å². The number of amides is 1. The van der Waals surface area contributed by atoms with Gasteiger partial charge in [-0.25, -0.2) is 4.79 Å². The van der Waals surface area contributed by atoms with E-state index >= 15 is 0 Å². The van der Waals surface area contributed by atoms with Crippen molar-refractivity contribution in [2.24, 2.45) is 0 Å². The van der Waals surface area contributed by atoms with E-state index in [2.05, 4.69) is 11.9 Å². The third kappa shape index (κ3) is 12.9. The fourth-order valence-electron chi connectivity index (χ4n) is 4.92. The van der Waals surface area contributed by atoms with Gasteiger partial charge in [-0.3, -0.25) is 33.6 Å². The second kappa shape index (κ2) is 19.4. The molecule has 0 saturated carbocycles. The summed E-state index contributed by atoms with van der Waals surface area (Å²) in [5, 5.41) is 2.38. The maximum Gasteiger partial charge on any atom is 0.408 e. The van der Waals surface area contributed by atoms with Gasteiger partial charge in [0.2, 0.25) is 6.29 Å². The molecule has 2 aliphatic heterocycles. The van der Waals surface area contributed by atoms with Gasteiger partial charge in [-0.1, -0.05) is 12.7 Å². The molecule has 1 N–H and O–H groups in total. The number of rotatable bonds is 14. The summed E-state index contributed by atoms with van der Waals surface area (Å²) in [6.45, 7) is 9.20. The van der Waals surface area contributed by atoms with Crippen molar-refractivity contribution in [1.29, 1.82) is 0 Å². The Bertz CT molecular complexity index is 1280. The van der Waals surface area contributed by atoms with E-state index in [4.69, 9.17) is 52.1 Å². The molecule has 0 radical (unpaired) electrons. The number of carbonyl (C=O) groups is 8. The van der Waals surface area contributed by atoms with Crippen molar-refractivity contribution in [2.45, 2.75) is 110 Å². The van der Waals surface area contributed by atoms with E-state index in [-0.39, 0.29) is 6.61 Å². The Morgan fingerprint density at radius 1 is 0.540 bits per heavy atom.